The number of anilines is 2. The number of nitrogens with zero attached hydrogens (tertiary/aromatic N) is 1. The quantitative estimate of drug-likeness (QED) is 0.815. The molecule has 0 fully saturated rings. The minimum absolute atomic E-state index is 0.0866. The van der Waals surface area contributed by atoms with Crippen molar-refractivity contribution in [2.75, 3.05) is 5.32 Å². The highest BCUT2D eigenvalue weighted by Gasteiger charge is 2.34. The molecule has 0 aliphatic carbocycles. The van der Waals surface area contributed by atoms with Gasteiger partial charge in [0.25, 0.3) is 0 Å². The Bertz CT molecular complexity index is 581. The molecule has 0 saturated heterocycles. The molecule has 0 spiro atoms. The van der Waals surface area contributed by atoms with Gasteiger partial charge in [0.1, 0.15) is 11.6 Å². The van der Waals surface area contributed by atoms with Crippen molar-refractivity contribution in [2.45, 2.75) is 6.18 Å². The number of hydrogen-bond acceptors (Lipinski definition) is 2. The van der Waals surface area contributed by atoms with Gasteiger partial charge < -0.3 is 5.32 Å². The van der Waals surface area contributed by atoms with Crippen LogP contribution in [-0.4, -0.2) is 4.98 Å². The smallest absolute Gasteiger partial charge is 0.340 e. The SMILES string of the molecule is Fc1ccc(Nc2ccc(Cl)cn2)cc1C(F)(F)F. The number of nitrogens with one attached hydrogen (secondary N) is 1. The molecule has 1 N–H and O–H groups in total. The number of hydrogen-bond donors (Lipinski definition) is 1. The molecule has 0 atom stereocenters. The van der Waals surface area contributed by atoms with Crippen molar-refractivity contribution in [3.05, 3.63) is 52.9 Å². The van der Waals surface area contributed by atoms with E-state index in [9.17, 15) is 17.6 Å². The third kappa shape index (κ3) is 3.35. The van der Waals surface area contributed by atoms with E-state index in [0.29, 0.717) is 16.9 Å². The Labute approximate surface area is 111 Å². The summed E-state index contributed by atoms with van der Waals surface area (Å²) in [6.45, 7) is 0. The molecule has 7 heteroatoms. The molecule has 0 saturated carbocycles. The fraction of sp³-hybridized carbons (Fsp3) is 0.0833. The van der Waals surface area contributed by atoms with Crippen molar-refractivity contribution in [1.29, 1.82) is 0 Å². The van der Waals surface area contributed by atoms with Crippen LogP contribution in [0.1, 0.15) is 5.56 Å². The first-order valence-corrected chi connectivity index (χ1v) is 5.49. The largest absolute Gasteiger partial charge is 0.419 e. The van der Waals surface area contributed by atoms with E-state index in [0.717, 1.165) is 6.07 Å². The number of benzene rings is 1. The molecule has 100 valence electrons. The molecule has 0 aliphatic heterocycles. The van der Waals surface area contributed by atoms with E-state index in [1.54, 1.807) is 0 Å². The first-order valence-electron chi connectivity index (χ1n) is 5.11. The Morgan fingerprint density at radius 1 is 1.11 bits per heavy atom. The molecule has 2 nitrogen and oxygen atoms in total. The van der Waals surface area contributed by atoms with E-state index in [1.165, 1.54) is 24.4 Å². The summed E-state index contributed by atoms with van der Waals surface area (Å²) >= 11 is 5.63. The lowest BCUT2D eigenvalue weighted by atomic mass is 10.2. The minimum atomic E-state index is -4.74. The Morgan fingerprint density at radius 3 is 2.42 bits per heavy atom. The molecule has 1 aromatic carbocycles. The monoisotopic (exact) mass is 290 g/mol. The van der Waals surface area contributed by atoms with Crippen molar-refractivity contribution < 1.29 is 17.6 Å². The molecule has 0 bridgehead atoms. The lowest BCUT2D eigenvalue weighted by Gasteiger charge is -2.11. The first kappa shape index (κ1) is 13.6. The van der Waals surface area contributed by atoms with E-state index in [1.807, 2.05) is 0 Å². The van der Waals surface area contributed by atoms with Gasteiger partial charge in [-0.1, -0.05) is 11.6 Å². The molecular weight excluding hydrogens is 284 g/mol. The summed E-state index contributed by atoms with van der Waals surface area (Å²) < 4.78 is 50.6. The maximum Gasteiger partial charge on any atom is 0.419 e. The van der Waals surface area contributed by atoms with E-state index >= 15 is 0 Å². The van der Waals surface area contributed by atoms with E-state index in [2.05, 4.69) is 10.3 Å². The average Bonchev–Trinajstić information content (AvgIpc) is 2.33. The molecule has 2 rings (SSSR count). The fourth-order valence-corrected chi connectivity index (χ4v) is 1.53. The average molecular weight is 291 g/mol. The molecule has 2 aromatic rings. The number of halogens is 5. The summed E-state index contributed by atoms with van der Waals surface area (Å²) in [6.07, 6.45) is -3.40. The second-order valence-corrected chi connectivity index (χ2v) is 4.12. The van der Waals surface area contributed by atoms with Crippen LogP contribution in [-0.2, 0) is 6.18 Å². The molecule has 0 aliphatic rings. The lowest BCUT2D eigenvalue weighted by Crippen LogP contribution is -2.08. The minimum Gasteiger partial charge on any atom is -0.340 e. The molecule has 1 aromatic heterocycles. The highest BCUT2D eigenvalue weighted by atomic mass is 35.5. The molecular formula is C12H7ClF4N2. The number of rotatable bonds is 2. The predicted octanol–water partition coefficient (Wildman–Crippen LogP) is 4.64. The van der Waals surface area contributed by atoms with Gasteiger partial charge in [-0.3, -0.25) is 0 Å². The highest BCUT2D eigenvalue weighted by Crippen LogP contribution is 2.33. The van der Waals surface area contributed by atoms with Gasteiger partial charge in [0.15, 0.2) is 0 Å². The van der Waals surface area contributed by atoms with Crippen LogP contribution in [0.2, 0.25) is 5.02 Å². The maximum absolute atomic E-state index is 13.1. The zero-order chi connectivity index (χ0) is 14.0. The van der Waals surface area contributed by atoms with Crippen LogP contribution in [0.25, 0.3) is 0 Å². The van der Waals surface area contributed by atoms with Crippen molar-refractivity contribution in [2.24, 2.45) is 0 Å². The molecule has 0 unspecified atom stereocenters. The van der Waals surface area contributed by atoms with Gasteiger partial charge >= 0.3 is 6.18 Å². The highest BCUT2D eigenvalue weighted by molar-refractivity contribution is 6.30. The summed E-state index contributed by atoms with van der Waals surface area (Å²) in [5.74, 6) is -1.01. The van der Waals surface area contributed by atoms with Gasteiger partial charge in [-0.05, 0) is 30.3 Å². The van der Waals surface area contributed by atoms with Crippen LogP contribution in [0, 0.1) is 5.82 Å². The zero-order valence-corrected chi connectivity index (χ0v) is 10.1. The Balaban J connectivity index is 2.29. The van der Waals surface area contributed by atoms with E-state index in [4.69, 9.17) is 11.6 Å². The zero-order valence-electron chi connectivity index (χ0n) is 9.30. The molecule has 0 radical (unpaired) electrons. The Hall–Kier alpha value is -1.82. The third-order valence-electron chi connectivity index (χ3n) is 2.27. The van der Waals surface area contributed by atoms with E-state index in [-0.39, 0.29) is 5.69 Å². The second-order valence-electron chi connectivity index (χ2n) is 3.68. The summed E-state index contributed by atoms with van der Waals surface area (Å²) in [5.41, 5.74) is -1.24. The Kier molecular flexibility index (Phi) is 3.61. The van der Waals surface area contributed by atoms with Crippen LogP contribution >= 0.6 is 11.6 Å². The molecule has 1 heterocycles. The van der Waals surface area contributed by atoms with Crippen LogP contribution < -0.4 is 5.32 Å². The van der Waals surface area contributed by atoms with Gasteiger partial charge in [0, 0.05) is 11.9 Å². The fourth-order valence-electron chi connectivity index (χ4n) is 1.42. The molecule has 0 amide bonds. The number of alkyl halides is 3. The maximum atomic E-state index is 13.1. The first-order chi connectivity index (χ1) is 8.86. The topological polar surface area (TPSA) is 24.9 Å². The van der Waals surface area contributed by atoms with Gasteiger partial charge in [-0.25, -0.2) is 9.37 Å². The molecule has 19 heavy (non-hydrogen) atoms. The van der Waals surface area contributed by atoms with E-state index < -0.39 is 17.6 Å². The van der Waals surface area contributed by atoms with Gasteiger partial charge in [-0.15, -0.1) is 0 Å². The normalized spacial score (nSPS) is 11.4. The number of aromatic nitrogens is 1. The lowest BCUT2D eigenvalue weighted by molar-refractivity contribution is -0.139. The summed E-state index contributed by atoms with van der Waals surface area (Å²) in [4.78, 5) is 3.87. The van der Waals surface area contributed by atoms with Crippen LogP contribution in [0.15, 0.2) is 36.5 Å². The van der Waals surface area contributed by atoms with Crippen molar-refractivity contribution in [1.82, 2.24) is 4.98 Å². The van der Waals surface area contributed by atoms with Gasteiger partial charge in [-0.2, -0.15) is 13.2 Å². The summed E-state index contributed by atoms with van der Waals surface area (Å²) in [5, 5.41) is 3.04. The predicted molar refractivity (Wildman–Crippen MR) is 63.9 cm³/mol. The van der Waals surface area contributed by atoms with Crippen molar-refractivity contribution >= 4 is 23.1 Å². The standard InChI is InChI=1S/C12H7ClF4N2/c13-7-1-4-11(18-6-7)19-8-2-3-10(14)9(5-8)12(15,16)17/h1-6H,(H,18,19). The van der Waals surface area contributed by atoms with Crippen molar-refractivity contribution in [3.8, 4) is 0 Å². The third-order valence-corrected chi connectivity index (χ3v) is 2.50. The van der Waals surface area contributed by atoms with Crippen LogP contribution in [0.4, 0.5) is 29.1 Å². The van der Waals surface area contributed by atoms with Crippen LogP contribution in [0.5, 0.6) is 0 Å². The Morgan fingerprint density at radius 2 is 1.84 bits per heavy atom. The summed E-state index contributed by atoms with van der Waals surface area (Å²) in [6, 6.07) is 5.66. The second kappa shape index (κ2) is 5.05. The van der Waals surface area contributed by atoms with Gasteiger partial charge in [0.05, 0.1) is 10.6 Å². The summed E-state index contributed by atoms with van der Waals surface area (Å²) in [7, 11) is 0. The van der Waals surface area contributed by atoms with Crippen LogP contribution in [0.3, 0.4) is 0 Å². The number of pyridine rings is 1. The van der Waals surface area contributed by atoms with Crippen molar-refractivity contribution in [3.63, 3.8) is 0 Å². The van der Waals surface area contributed by atoms with Gasteiger partial charge in [0.2, 0.25) is 0 Å².